The van der Waals surface area contributed by atoms with Gasteiger partial charge < -0.3 is 4.90 Å². The Bertz CT molecular complexity index is 608. The summed E-state index contributed by atoms with van der Waals surface area (Å²) in [5.74, 6) is 1.34. The molecule has 22 heavy (non-hydrogen) atoms. The number of benzene rings is 1. The van der Waals surface area contributed by atoms with Gasteiger partial charge in [0.15, 0.2) is 0 Å². The molecule has 1 saturated heterocycles. The summed E-state index contributed by atoms with van der Waals surface area (Å²) in [6.45, 7) is 0.184. The molecule has 3 rings (SSSR count). The molecule has 1 aliphatic carbocycles. The predicted octanol–water partition coefficient (Wildman–Crippen LogP) is 3.82. The minimum Gasteiger partial charge on any atom is -0.324 e. The van der Waals surface area contributed by atoms with Crippen LogP contribution in [0.25, 0.3) is 0 Å². The van der Waals surface area contributed by atoms with Gasteiger partial charge in [0.2, 0.25) is 5.91 Å². The van der Waals surface area contributed by atoms with Crippen LogP contribution in [0.2, 0.25) is 0 Å². The summed E-state index contributed by atoms with van der Waals surface area (Å²) >= 11 is 0. The third-order valence-electron chi connectivity index (χ3n) is 5.08. The maximum Gasteiger partial charge on any atom is 0.230 e. The Morgan fingerprint density at radius 2 is 1.82 bits per heavy atom. The lowest BCUT2D eigenvalue weighted by Crippen LogP contribution is -2.49. The van der Waals surface area contributed by atoms with Crippen molar-refractivity contribution in [3.05, 3.63) is 35.4 Å². The van der Waals surface area contributed by atoms with Crippen LogP contribution in [-0.2, 0) is 4.79 Å². The highest BCUT2D eigenvalue weighted by Gasteiger charge is 2.48. The van der Waals surface area contributed by atoms with E-state index in [4.69, 9.17) is 6.42 Å². The zero-order valence-corrected chi connectivity index (χ0v) is 12.4. The third kappa shape index (κ3) is 2.49. The molecule has 0 bridgehead atoms. The summed E-state index contributed by atoms with van der Waals surface area (Å²) < 4.78 is 27.0. The number of carbonyl (C=O) groups excluding carboxylic acids is 1. The fraction of sp³-hybridized carbons (Fsp3) is 0.500. The first-order chi connectivity index (χ1) is 10.6. The van der Waals surface area contributed by atoms with Crippen molar-refractivity contribution in [2.75, 3.05) is 6.54 Å². The van der Waals surface area contributed by atoms with Crippen LogP contribution in [0.3, 0.4) is 0 Å². The van der Waals surface area contributed by atoms with Crippen LogP contribution in [0.5, 0.6) is 0 Å². The van der Waals surface area contributed by atoms with Gasteiger partial charge in [-0.25, -0.2) is 8.78 Å². The van der Waals surface area contributed by atoms with Crippen molar-refractivity contribution in [3.63, 3.8) is 0 Å². The Labute approximate surface area is 129 Å². The molecule has 0 unspecified atom stereocenters. The van der Waals surface area contributed by atoms with E-state index >= 15 is 0 Å². The van der Waals surface area contributed by atoms with Crippen molar-refractivity contribution >= 4 is 5.91 Å². The van der Waals surface area contributed by atoms with Crippen LogP contribution in [0.4, 0.5) is 8.78 Å². The topological polar surface area (TPSA) is 20.3 Å². The summed E-state index contributed by atoms with van der Waals surface area (Å²) in [7, 11) is 0. The lowest BCUT2D eigenvalue weighted by atomic mass is 9.74. The number of halogens is 2. The van der Waals surface area contributed by atoms with E-state index in [2.05, 4.69) is 5.92 Å². The number of piperidine rings is 1. The number of hydrogen-bond donors (Lipinski definition) is 0. The molecule has 1 atom stereocenters. The Morgan fingerprint density at radius 1 is 1.18 bits per heavy atom. The van der Waals surface area contributed by atoms with E-state index in [1.165, 1.54) is 12.1 Å². The Hall–Kier alpha value is -1.89. The first kappa shape index (κ1) is 15.0. The number of carbonyl (C=O) groups is 1. The van der Waals surface area contributed by atoms with Crippen LogP contribution in [0.1, 0.15) is 50.1 Å². The molecule has 1 heterocycles. The average molecular weight is 303 g/mol. The number of hydrogen-bond acceptors (Lipinski definition) is 1. The highest BCUT2D eigenvalue weighted by Crippen LogP contribution is 2.50. The van der Waals surface area contributed by atoms with Gasteiger partial charge in [0, 0.05) is 11.5 Å². The molecule has 0 radical (unpaired) electrons. The molecule has 1 spiro atoms. The minimum atomic E-state index is -0.621. The fourth-order valence-electron chi connectivity index (χ4n) is 4.03. The van der Waals surface area contributed by atoms with E-state index in [0.717, 1.165) is 38.2 Å². The molecular weight excluding hydrogens is 284 g/mol. The van der Waals surface area contributed by atoms with Gasteiger partial charge in [0.1, 0.15) is 11.6 Å². The van der Waals surface area contributed by atoms with Crippen LogP contribution < -0.4 is 0 Å². The summed E-state index contributed by atoms with van der Waals surface area (Å²) in [5, 5.41) is 0. The molecule has 2 fully saturated rings. The number of terminal acetylenes is 1. The Kier molecular flexibility index (Phi) is 3.90. The summed E-state index contributed by atoms with van der Waals surface area (Å²) in [5.41, 5.74) is 0.202. The molecule has 1 aliphatic heterocycles. The lowest BCUT2D eigenvalue weighted by Gasteiger charge is -2.44. The van der Waals surface area contributed by atoms with Gasteiger partial charge in [0.05, 0.1) is 12.6 Å². The zero-order valence-electron chi connectivity index (χ0n) is 12.4. The first-order valence-corrected chi connectivity index (χ1v) is 7.76. The normalized spacial score (nSPS) is 23.8. The monoisotopic (exact) mass is 303 g/mol. The van der Waals surface area contributed by atoms with Crippen molar-refractivity contribution < 1.29 is 13.6 Å². The van der Waals surface area contributed by atoms with Gasteiger partial charge in [-0.15, -0.1) is 6.42 Å². The average Bonchev–Trinajstić information content (AvgIpc) is 2.93. The van der Waals surface area contributed by atoms with E-state index in [0.29, 0.717) is 12.0 Å². The predicted molar refractivity (Wildman–Crippen MR) is 79.8 cm³/mol. The van der Waals surface area contributed by atoms with E-state index in [1.807, 2.05) is 0 Å². The van der Waals surface area contributed by atoms with Crippen molar-refractivity contribution in [1.29, 1.82) is 0 Å². The van der Waals surface area contributed by atoms with Gasteiger partial charge in [-0.05, 0) is 43.4 Å². The molecule has 1 saturated carbocycles. The second-order valence-electron chi connectivity index (χ2n) is 6.38. The van der Waals surface area contributed by atoms with Crippen LogP contribution >= 0.6 is 0 Å². The van der Waals surface area contributed by atoms with Gasteiger partial charge in [-0.3, -0.25) is 4.79 Å². The number of amides is 1. The molecule has 116 valence electrons. The number of likely N-dealkylation sites (tertiary alicyclic amines) is 1. The summed E-state index contributed by atoms with van der Waals surface area (Å²) in [6.07, 6.45) is 10.8. The minimum absolute atomic E-state index is 0.0591. The summed E-state index contributed by atoms with van der Waals surface area (Å²) in [4.78, 5) is 14.6. The SMILES string of the molecule is C#CCN1C(=O)C2(CCCC2)CC[C@H]1c1cc(F)cc(F)c1. The van der Waals surface area contributed by atoms with Crippen molar-refractivity contribution in [2.45, 2.75) is 44.6 Å². The number of nitrogens with zero attached hydrogens (tertiary/aromatic N) is 1. The molecule has 4 heteroatoms. The summed E-state index contributed by atoms with van der Waals surface area (Å²) in [6, 6.07) is 3.12. The number of rotatable bonds is 2. The van der Waals surface area contributed by atoms with Crippen LogP contribution in [0, 0.1) is 29.4 Å². The second kappa shape index (κ2) is 5.72. The second-order valence-corrected chi connectivity index (χ2v) is 6.38. The Morgan fingerprint density at radius 3 is 2.41 bits per heavy atom. The van der Waals surface area contributed by atoms with Gasteiger partial charge >= 0.3 is 0 Å². The molecule has 2 aliphatic rings. The quantitative estimate of drug-likeness (QED) is 0.761. The van der Waals surface area contributed by atoms with Gasteiger partial charge in [-0.2, -0.15) is 0 Å². The van der Waals surface area contributed by atoms with Crippen LogP contribution in [-0.4, -0.2) is 17.4 Å². The van der Waals surface area contributed by atoms with Crippen molar-refractivity contribution in [2.24, 2.45) is 5.41 Å². The molecule has 0 N–H and O–H groups in total. The Balaban J connectivity index is 1.94. The molecule has 1 amide bonds. The smallest absolute Gasteiger partial charge is 0.230 e. The third-order valence-corrected chi connectivity index (χ3v) is 5.08. The van der Waals surface area contributed by atoms with Gasteiger partial charge in [-0.1, -0.05) is 18.8 Å². The standard InChI is InChI=1S/C18H19F2NO/c1-2-9-21-16(13-10-14(19)12-15(20)11-13)5-8-18(17(21)22)6-3-4-7-18/h1,10-12,16H,3-9H2/t16-/m0/s1. The van der Waals surface area contributed by atoms with Crippen molar-refractivity contribution in [1.82, 2.24) is 4.90 Å². The van der Waals surface area contributed by atoms with E-state index in [1.54, 1.807) is 4.90 Å². The highest BCUT2D eigenvalue weighted by atomic mass is 19.1. The molecule has 0 aromatic heterocycles. The maximum atomic E-state index is 13.5. The lowest BCUT2D eigenvalue weighted by molar-refractivity contribution is -0.149. The van der Waals surface area contributed by atoms with E-state index < -0.39 is 11.6 Å². The molecule has 1 aromatic carbocycles. The van der Waals surface area contributed by atoms with Gasteiger partial charge in [0.25, 0.3) is 0 Å². The highest BCUT2D eigenvalue weighted by molar-refractivity contribution is 5.84. The van der Waals surface area contributed by atoms with Crippen LogP contribution in [0.15, 0.2) is 18.2 Å². The molecule has 2 nitrogen and oxygen atoms in total. The molecule has 1 aromatic rings. The van der Waals surface area contributed by atoms with E-state index in [9.17, 15) is 13.6 Å². The maximum absolute atomic E-state index is 13.5. The molecular formula is C18H19F2NO. The zero-order chi connectivity index (χ0) is 15.7. The van der Waals surface area contributed by atoms with Crippen molar-refractivity contribution in [3.8, 4) is 12.3 Å². The first-order valence-electron chi connectivity index (χ1n) is 7.76. The fourth-order valence-corrected chi connectivity index (χ4v) is 4.03. The largest absolute Gasteiger partial charge is 0.324 e. The van der Waals surface area contributed by atoms with E-state index in [-0.39, 0.29) is 23.9 Å².